The van der Waals surface area contributed by atoms with Gasteiger partial charge in [-0.3, -0.25) is 4.79 Å². The van der Waals surface area contributed by atoms with Gasteiger partial charge < -0.3 is 14.8 Å². The second-order valence-corrected chi connectivity index (χ2v) is 6.04. The van der Waals surface area contributed by atoms with Crippen LogP contribution >= 0.6 is 0 Å². The van der Waals surface area contributed by atoms with Gasteiger partial charge in [-0.1, -0.05) is 30.3 Å². The highest BCUT2D eigenvalue weighted by molar-refractivity contribution is 5.96. The van der Waals surface area contributed by atoms with Gasteiger partial charge in [0.2, 0.25) is 0 Å². The molecule has 132 valence electrons. The number of hydrogen-bond acceptors (Lipinski definition) is 3. The molecule has 0 saturated carbocycles. The Balaban J connectivity index is 1.55. The van der Waals surface area contributed by atoms with Crippen molar-refractivity contribution < 1.29 is 18.7 Å². The molecule has 3 rings (SSSR count). The van der Waals surface area contributed by atoms with Crippen molar-refractivity contribution in [1.82, 2.24) is 5.32 Å². The number of para-hydroxylation sites is 1. The van der Waals surface area contributed by atoms with Crippen LogP contribution in [0, 0.1) is 5.82 Å². The largest absolute Gasteiger partial charge is 0.490 e. The Kier molecular flexibility index (Phi) is 6.01. The lowest BCUT2D eigenvalue weighted by molar-refractivity contribution is 0.0670. The molecular weight excluding hydrogens is 321 g/mol. The highest BCUT2D eigenvalue weighted by atomic mass is 19.1. The Hall–Kier alpha value is -2.40. The molecule has 0 aliphatic carbocycles. The lowest BCUT2D eigenvalue weighted by Crippen LogP contribution is -2.27. The van der Waals surface area contributed by atoms with Crippen molar-refractivity contribution in [2.45, 2.75) is 25.4 Å². The summed E-state index contributed by atoms with van der Waals surface area (Å²) in [6.45, 7) is 1.57. The third-order valence-electron chi connectivity index (χ3n) is 4.22. The first kappa shape index (κ1) is 17.4. The summed E-state index contributed by atoms with van der Waals surface area (Å²) in [7, 11) is 0. The lowest BCUT2D eigenvalue weighted by Gasteiger charge is -2.14. The molecular formula is C20H22FNO3. The normalized spacial score (nSPS) is 16.6. The second-order valence-electron chi connectivity index (χ2n) is 6.04. The smallest absolute Gasteiger partial charge is 0.255 e. The van der Waals surface area contributed by atoms with Gasteiger partial charge in [-0.2, -0.15) is 0 Å². The lowest BCUT2D eigenvalue weighted by atomic mass is 10.1. The van der Waals surface area contributed by atoms with Crippen molar-refractivity contribution in [2.24, 2.45) is 0 Å². The number of carbonyl (C=O) groups is 1. The van der Waals surface area contributed by atoms with E-state index in [0.29, 0.717) is 36.4 Å². The van der Waals surface area contributed by atoms with Crippen LogP contribution in [0.1, 0.15) is 28.8 Å². The van der Waals surface area contributed by atoms with Crippen LogP contribution in [0.3, 0.4) is 0 Å². The van der Waals surface area contributed by atoms with E-state index in [2.05, 4.69) is 5.32 Å². The summed E-state index contributed by atoms with van der Waals surface area (Å²) in [5.41, 5.74) is 1.07. The average Bonchev–Trinajstić information content (AvgIpc) is 3.15. The topological polar surface area (TPSA) is 47.6 Å². The van der Waals surface area contributed by atoms with Gasteiger partial charge >= 0.3 is 0 Å². The quantitative estimate of drug-likeness (QED) is 0.839. The SMILES string of the molecule is O=C(NCCc1ccccc1F)c1ccccc1OCC1CCCO1. The molecule has 2 aromatic carbocycles. The molecule has 5 heteroatoms. The molecule has 0 aromatic heterocycles. The zero-order valence-electron chi connectivity index (χ0n) is 14.0. The van der Waals surface area contributed by atoms with Crippen LogP contribution in [-0.4, -0.2) is 31.8 Å². The van der Waals surface area contributed by atoms with Crippen molar-refractivity contribution >= 4 is 5.91 Å². The summed E-state index contributed by atoms with van der Waals surface area (Å²) in [6.07, 6.45) is 2.57. The maximum atomic E-state index is 13.6. The number of nitrogens with one attached hydrogen (secondary N) is 1. The number of benzene rings is 2. The van der Waals surface area contributed by atoms with Gasteiger partial charge in [-0.15, -0.1) is 0 Å². The van der Waals surface area contributed by atoms with Crippen molar-refractivity contribution in [3.63, 3.8) is 0 Å². The van der Waals surface area contributed by atoms with Crippen molar-refractivity contribution in [3.8, 4) is 5.75 Å². The highest BCUT2D eigenvalue weighted by Crippen LogP contribution is 2.20. The van der Waals surface area contributed by atoms with Gasteiger partial charge in [0.1, 0.15) is 18.2 Å². The Labute approximate surface area is 147 Å². The zero-order chi connectivity index (χ0) is 17.5. The van der Waals surface area contributed by atoms with Crippen LogP contribution in [0.4, 0.5) is 4.39 Å². The fraction of sp³-hybridized carbons (Fsp3) is 0.350. The summed E-state index contributed by atoms with van der Waals surface area (Å²) < 4.78 is 24.9. The van der Waals surface area contributed by atoms with Crippen LogP contribution in [0.15, 0.2) is 48.5 Å². The van der Waals surface area contributed by atoms with Crippen LogP contribution in [0.5, 0.6) is 5.75 Å². The van der Waals surface area contributed by atoms with Crippen molar-refractivity contribution in [3.05, 3.63) is 65.5 Å². The van der Waals surface area contributed by atoms with Gasteiger partial charge in [0, 0.05) is 13.2 Å². The molecule has 4 nitrogen and oxygen atoms in total. The van der Waals surface area contributed by atoms with Crippen molar-refractivity contribution in [2.75, 3.05) is 19.8 Å². The number of halogens is 1. The molecule has 2 aromatic rings. The number of amides is 1. The second kappa shape index (κ2) is 8.62. The van der Waals surface area contributed by atoms with Gasteiger partial charge in [0.15, 0.2) is 0 Å². The van der Waals surface area contributed by atoms with Crippen LogP contribution in [0.2, 0.25) is 0 Å². The number of rotatable bonds is 7. The fourth-order valence-corrected chi connectivity index (χ4v) is 2.85. The first-order valence-electron chi connectivity index (χ1n) is 8.59. The standard InChI is InChI=1S/C20H22FNO3/c21-18-9-3-1-6-15(18)11-12-22-20(23)17-8-2-4-10-19(17)25-14-16-7-5-13-24-16/h1-4,6,8-10,16H,5,7,11-14H2,(H,22,23). The Morgan fingerprint density at radius 1 is 1.20 bits per heavy atom. The predicted octanol–water partition coefficient (Wildman–Crippen LogP) is 3.36. The molecule has 0 radical (unpaired) electrons. The molecule has 1 aliphatic rings. The van der Waals surface area contributed by atoms with E-state index < -0.39 is 0 Å². The number of carbonyl (C=O) groups excluding carboxylic acids is 1. The van der Waals surface area contributed by atoms with E-state index >= 15 is 0 Å². The van der Waals surface area contributed by atoms with Gasteiger partial charge in [0.05, 0.1) is 11.7 Å². The van der Waals surface area contributed by atoms with E-state index in [4.69, 9.17) is 9.47 Å². The minimum atomic E-state index is -0.253. The minimum absolute atomic E-state index is 0.0946. The molecule has 0 bridgehead atoms. The van der Waals surface area contributed by atoms with Crippen molar-refractivity contribution in [1.29, 1.82) is 0 Å². The zero-order valence-corrected chi connectivity index (χ0v) is 14.0. The third-order valence-corrected chi connectivity index (χ3v) is 4.22. The van der Waals surface area contributed by atoms with E-state index in [0.717, 1.165) is 19.4 Å². The summed E-state index contributed by atoms with van der Waals surface area (Å²) >= 11 is 0. The summed E-state index contributed by atoms with van der Waals surface area (Å²) in [4.78, 5) is 12.4. The first-order chi connectivity index (χ1) is 12.2. The molecule has 25 heavy (non-hydrogen) atoms. The van der Waals surface area contributed by atoms with Gasteiger partial charge in [-0.05, 0) is 43.0 Å². The average molecular weight is 343 g/mol. The van der Waals surface area contributed by atoms with Crippen LogP contribution in [-0.2, 0) is 11.2 Å². The van der Waals surface area contributed by atoms with Gasteiger partial charge in [0.25, 0.3) is 5.91 Å². The molecule has 1 aliphatic heterocycles. The molecule has 1 unspecified atom stereocenters. The van der Waals surface area contributed by atoms with Crippen LogP contribution < -0.4 is 10.1 Å². The summed E-state index contributed by atoms with van der Waals surface area (Å²) in [5, 5.41) is 2.83. The maximum Gasteiger partial charge on any atom is 0.255 e. The molecule has 1 fully saturated rings. The van der Waals surface area contributed by atoms with E-state index in [1.807, 2.05) is 6.07 Å². The molecule has 1 N–H and O–H groups in total. The van der Waals surface area contributed by atoms with E-state index in [-0.39, 0.29) is 17.8 Å². The Morgan fingerprint density at radius 3 is 2.80 bits per heavy atom. The third kappa shape index (κ3) is 4.79. The van der Waals surface area contributed by atoms with E-state index in [1.165, 1.54) is 6.07 Å². The molecule has 1 amide bonds. The maximum absolute atomic E-state index is 13.6. The molecule has 1 saturated heterocycles. The monoisotopic (exact) mass is 343 g/mol. The number of ether oxygens (including phenoxy) is 2. The number of hydrogen-bond donors (Lipinski definition) is 1. The first-order valence-corrected chi connectivity index (χ1v) is 8.59. The highest BCUT2D eigenvalue weighted by Gasteiger charge is 2.18. The molecule has 1 heterocycles. The van der Waals surface area contributed by atoms with E-state index in [1.54, 1.807) is 36.4 Å². The summed E-state index contributed by atoms with van der Waals surface area (Å²) in [6, 6.07) is 13.7. The van der Waals surface area contributed by atoms with Gasteiger partial charge in [-0.25, -0.2) is 4.39 Å². The molecule has 1 atom stereocenters. The van der Waals surface area contributed by atoms with E-state index in [9.17, 15) is 9.18 Å². The Morgan fingerprint density at radius 2 is 2.00 bits per heavy atom. The van der Waals surface area contributed by atoms with Crippen LogP contribution in [0.25, 0.3) is 0 Å². The molecule has 0 spiro atoms. The predicted molar refractivity (Wildman–Crippen MR) is 93.3 cm³/mol. The Bertz CT molecular complexity index is 714. The minimum Gasteiger partial charge on any atom is -0.490 e. The fourth-order valence-electron chi connectivity index (χ4n) is 2.85. The summed E-state index contributed by atoms with van der Waals surface area (Å²) in [5.74, 6) is 0.0673.